The van der Waals surface area contributed by atoms with Crippen LogP contribution in [0.1, 0.15) is 50.4 Å². The number of piperazine rings is 1. The summed E-state index contributed by atoms with van der Waals surface area (Å²) in [5, 5.41) is 9.25. The Morgan fingerprint density at radius 2 is 1.71 bits per heavy atom. The number of hydrogen-bond acceptors (Lipinski definition) is 5. The number of aromatic nitrogens is 2. The Bertz CT molecular complexity index is 1470. The van der Waals surface area contributed by atoms with Gasteiger partial charge in [-0.25, -0.2) is 0 Å². The number of carbonyl (C=O) groups excluding carboxylic acids is 3. The summed E-state index contributed by atoms with van der Waals surface area (Å²) in [6.45, 7) is 4.88. The third-order valence-electron chi connectivity index (χ3n) is 7.30. The summed E-state index contributed by atoms with van der Waals surface area (Å²) in [6, 6.07) is 10.7. The zero-order chi connectivity index (χ0) is 29.3. The number of benzene rings is 2. The Labute approximate surface area is 235 Å². The van der Waals surface area contributed by atoms with Crippen LogP contribution in [0.4, 0.5) is 24.5 Å². The zero-order valence-electron chi connectivity index (χ0n) is 22.8. The maximum atomic E-state index is 13.3. The van der Waals surface area contributed by atoms with Gasteiger partial charge in [0.2, 0.25) is 5.91 Å². The highest BCUT2D eigenvalue weighted by Gasteiger charge is 2.35. The number of aryl methyl sites for hydroxylation is 2. The summed E-state index contributed by atoms with van der Waals surface area (Å²) >= 11 is 0. The van der Waals surface area contributed by atoms with Crippen LogP contribution in [0.5, 0.6) is 0 Å². The smallest absolute Gasteiger partial charge is 0.340 e. The quantitative estimate of drug-likeness (QED) is 0.443. The van der Waals surface area contributed by atoms with Crippen LogP contribution in [0.15, 0.2) is 48.7 Å². The van der Waals surface area contributed by atoms with E-state index in [0.29, 0.717) is 25.2 Å². The van der Waals surface area contributed by atoms with Crippen LogP contribution < -0.4 is 10.6 Å². The molecule has 1 saturated heterocycles. The SMILES string of the molecule is Cc1ccc(NC(=O)c2nn(C)cc2NC(=O)c2cccc(CN3CCN(C(=O)C4CC4)CC3)c2)cc1C(F)(F)F. The number of halogens is 3. The number of alkyl halides is 3. The molecule has 2 aliphatic rings. The average molecular weight is 569 g/mol. The first-order valence-electron chi connectivity index (χ1n) is 13.4. The molecule has 9 nitrogen and oxygen atoms in total. The Hall–Kier alpha value is -4.19. The van der Waals surface area contributed by atoms with Gasteiger partial charge in [-0.05, 0) is 55.2 Å². The van der Waals surface area contributed by atoms with Gasteiger partial charge in [-0.2, -0.15) is 18.3 Å². The van der Waals surface area contributed by atoms with E-state index in [1.165, 1.54) is 29.9 Å². The molecule has 0 bridgehead atoms. The van der Waals surface area contributed by atoms with Gasteiger partial charge in [-0.15, -0.1) is 0 Å². The molecule has 0 radical (unpaired) electrons. The highest BCUT2D eigenvalue weighted by Crippen LogP contribution is 2.34. The van der Waals surface area contributed by atoms with Gasteiger partial charge >= 0.3 is 6.18 Å². The van der Waals surface area contributed by atoms with Crippen LogP contribution in [-0.4, -0.2) is 63.5 Å². The number of nitrogens with zero attached hydrogens (tertiary/aromatic N) is 4. The van der Waals surface area contributed by atoms with Gasteiger partial charge in [0.25, 0.3) is 11.8 Å². The predicted octanol–water partition coefficient (Wildman–Crippen LogP) is 4.31. The summed E-state index contributed by atoms with van der Waals surface area (Å²) in [6.07, 6.45) is -1.12. The van der Waals surface area contributed by atoms with Gasteiger partial charge in [0.1, 0.15) is 0 Å². The monoisotopic (exact) mass is 568 g/mol. The van der Waals surface area contributed by atoms with Crippen molar-refractivity contribution in [1.29, 1.82) is 0 Å². The van der Waals surface area contributed by atoms with Gasteiger partial charge in [0.15, 0.2) is 5.69 Å². The van der Waals surface area contributed by atoms with Crippen molar-refractivity contribution in [2.75, 3.05) is 36.8 Å². The fraction of sp³-hybridized carbons (Fsp3) is 0.379. The first-order valence-corrected chi connectivity index (χ1v) is 13.4. The van der Waals surface area contributed by atoms with Gasteiger partial charge < -0.3 is 15.5 Å². The minimum atomic E-state index is -4.56. The van der Waals surface area contributed by atoms with E-state index in [1.807, 2.05) is 11.0 Å². The molecule has 1 aliphatic carbocycles. The molecule has 2 aromatic carbocycles. The Kier molecular flexibility index (Phi) is 7.85. The molecule has 0 spiro atoms. The van der Waals surface area contributed by atoms with E-state index < -0.39 is 23.6 Å². The maximum absolute atomic E-state index is 13.3. The predicted molar refractivity (Wildman–Crippen MR) is 146 cm³/mol. The molecule has 216 valence electrons. The molecule has 2 N–H and O–H groups in total. The maximum Gasteiger partial charge on any atom is 0.416 e. The van der Waals surface area contributed by atoms with Crippen molar-refractivity contribution >= 4 is 29.1 Å². The number of anilines is 2. The Morgan fingerprint density at radius 3 is 2.39 bits per heavy atom. The summed E-state index contributed by atoms with van der Waals surface area (Å²) in [5.41, 5.74) is 0.455. The fourth-order valence-electron chi connectivity index (χ4n) is 4.92. The molecule has 12 heteroatoms. The highest BCUT2D eigenvalue weighted by molar-refractivity contribution is 6.11. The molecule has 3 amide bonds. The number of rotatable bonds is 7. The second kappa shape index (κ2) is 11.4. The molecule has 3 aromatic rings. The second-order valence-corrected chi connectivity index (χ2v) is 10.6. The van der Waals surface area contributed by atoms with E-state index in [2.05, 4.69) is 20.6 Å². The molecule has 2 heterocycles. The van der Waals surface area contributed by atoms with Crippen LogP contribution in [0.2, 0.25) is 0 Å². The minimum absolute atomic E-state index is 0.0365. The van der Waals surface area contributed by atoms with E-state index >= 15 is 0 Å². The lowest BCUT2D eigenvalue weighted by molar-refractivity contribution is -0.138. The van der Waals surface area contributed by atoms with Gasteiger partial charge in [-0.3, -0.25) is 24.0 Å². The van der Waals surface area contributed by atoms with Crippen LogP contribution in [0.3, 0.4) is 0 Å². The number of hydrogen-bond donors (Lipinski definition) is 2. The molecule has 1 aromatic heterocycles. The van der Waals surface area contributed by atoms with E-state index in [4.69, 9.17) is 0 Å². The molecule has 1 saturated carbocycles. The van der Waals surface area contributed by atoms with Gasteiger partial charge in [-0.1, -0.05) is 18.2 Å². The lowest BCUT2D eigenvalue weighted by Crippen LogP contribution is -2.48. The van der Waals surface area contributed by atoms with Crippen molar-refractivity contribution in [2.24, 2.45) is 13.0 Å². The fourth-order valence-corrected chi connectivity index (χ4v) is 4.92. The number of nitrogens with one attached hydrogen (secondary N) is 2. The Balaban J connectivity index is 1.23. The van der Waals surface area contributed by atoms with Crippen molar-refractivity contribution in [3.8, 4) is 0 Å². The highest BCUT2D eigenvalue weighted by atomic mass is 19.4. The largest absolute Gasteiger partial charge is 0.416 e. The topological polar surface area (TPSA) is 99.6 Å². The van der Waals surface area contributed by atoms with E-state index in [9.17, 15) is 27.6 Å². The molecule has 1 aliphatic heterocycles. The molecule has 0 unspecified atom stereocenters. The molecule has 41 heavy (non-hydrogen) atoms. The van der Waals surface area contributed by atoms with Crippen LogP contribution in [-0.2, 0) is 24.6 Å². The first kappa shape index (κ1) is 28.3. The van der Waals surface area contributed by atoms with Crippen molar-refractivity contribution in [1.82, 2.24) is 19.6 Å². The molecule has 0 atom stereocenters. The van der Waals surface area contributed by atoms with E-state index in [0.717, 1.165) is 37.6 Å². The van der Waals surface area contributed by atoms with Crippen LogP contribution >= 0.6 is 0 Å². The molecular weight excluding hydrogens is 537 g/mol. The molecule has 5 rings (SSSR count). The third-order valence-corrected chi connectivity index (χ3v) is 7.30. The van der Waals surface area contributed by atoms with Crippen LogP contribution in [0, 0.1) is 12.8 Å². The summed E-state index contributed by atoms with van der Waals surface area (Å²) in [7, 11) is 1.57. The summed E-state index contributed by atoms with van der Waals surface area (Å²) in [5.74, 6) is -0.737. The summed E-state index contributed by atoms with van der Waals surface area (Å²) in [4.78, 5) is 42.5. The number of amides is 3. The molecule has 2 fully saturated rings. The normalized spacial score (nSPS) is 16.0. The van der Waals surface area contributed by atoms with Crippen molar-refractivity contribution in [2.45, 2.75) is 32.5 Å². The molecular formula is C29H31F3N6O3. The van der Waals surface area contributed by atoms with E-state index in [1.54, 1.807) is 25.2 Å². The second-order valence-electron chi connectivity index (χ2n) is 10.6. The average Bonchev–Trinajstić information content (AvgIpc) is 3.71. The van der Waals surface area contributed by atoms with Crippen molar-refractivity contribution < 1.29 is 27.6 Å². The zero-order valence-corrected chi connectivity index (χ0v) is 22.8. The van der Waals surface area contributed by atoms with Gasteiger partial charge in [0.05, 0.1) is 11.3 Å². The minimum Gasteiger partial charge on any atom is -0.340 e. The number of carbonyl (C=O) groups is 3. The van der Waals surface area contributed by atoms with Gasteiger partial charge in [0, 0.05) is 63.1 Å². The third kappa shape index (κ3) is 6.76. The van der Waals surface area contributed by atoms with Crippen LogP contribution in [0.25, 0.3) is 0 Å². The lowest BCUT2D eigenvalue weighted by atomic mass is 10.1. The van der Waals surface area contributed by atoms with Crippen molar-refractivity contribution in [3.63, 3.8) is 0 Å². The lowest BCUT2D eigenvalue weighted by Gasteiger charge is -2.35. The standard InChI is InChI=1S/C29H31F3N6O3/c1-18-6-9-22(15-23(18)29(30,31)32)33-27(40)25-24(17-36(2)35-25)34-26(39)21-5-3-4-19(14-21)16-37-10-12-38(13-11-37)28(41)20-7-8-20/h3-6,9,14-15,17,20H,7-8,10-13,16H2,1-2H3,(H,33,40)(H,34,39). The van der Waals surface area contributed by atoms with E-state index in [-0.39, 0.29) is 34.5 Å². The first-order chi connectivity index (χ1) is 19.5. The summed E-state index contributed by atoms with van der Waals surface area (Å²) < 4.78 is 41.2. The Morgan fingerprint density at radius 1 is 0.976 bits per heavy atom. The van der Waals surface area contributed by atoms with Crippen molar-refractivity contribution in [3.05, 3.63) is 76.6 Å².